The second-order valence-electron chi connectivity index (χ2n) is 6.77. The predicted octanol–water partition coefficient (Wildman–Crippen LogP) is 3.80. The fourth-order valence-corrected chi connectivity index (χ4v) is 3.19. The largest absolute Gasteiger partial charge is 0.497 e. The average Bonchev–Trinajstić information content (AvgIpc) is 3.58. The number of amides is 2. The Morgan fingerprint density at radius 2 is 2.09 bits per heavy atom. The minimum atomic E-state index is -0.630. The predicted molar refractivity (Wildman–Crippen MR) is 118 cm³/mol. The maximum absolute atomic E-state index is 12.7. The molecule has 2 N–H and O–H groups in total. The minimum absolute atomic E-state index is 0.0506. The summed E-state index contributed by atoms with van der Waals surface area (Å²) in [4.78, 5) is 21.7. The quantitative estimate of drug-likeness (QED) is 0.415. The van der Waals surface area contributed by atoms with Crippen LogP contribution in [0.15, 0.2) is 53.3 Å². The van der Waals surface area contributed by atoms with E-state index < -0.39 is 12.4 Å². The highest BCUT2D eigenvalue weighted by Crippen LogP contribution is 2.24. The van der Waals surface area contributed by atoms with Crippen molar-refractivity contribution in [2.45, 2.75) is 19.8 Å². The summed E-state index contributed by atoms with van der Waals surface area (Å²) in [6, 6.07) is 9.80. The van der Waals surface area contributed by atoms with Gasteiger partial charge in [-0.05, 0) is 42.8 Å². The Kier molecular flexibility index (Phi) is 4.33. The number of carbonyl (C=O) groups is 1. The number of carbonyl (C=O) groups excluding carboxylic acids is 1. The summed E-state index contributed by atoms with van der Waals surface area (Å²) in [5, 5.41) is 14.9. The number of nitrogens with zero attached hydrogens (tertiary/aromatic N) is 6. The normalized spacial score (nSPS) is 13.0. The number of furan rings is 1. The van der Waals surface area contributed by atoms with Crippen LogP contribution >= 0.6 is 0 Å². The molecule has 1 aromatic carbocycles. The van der Waals surface area contributed by atoms with E-state index in [2.05, 4.69) is 30.8 Å². The number of rotatable bonds is 6. The standard InChI is InChI=1S/C21H20N8O3/c1-3-10-28-12-15-17(26-28)24-20(25-21(30)22-13-6-8-14(31-2)9-7-13)29-19(15)23-18(27-29)16-5-4-11-32-16/h4-9,11-12H,3,10H2,1-2H3,(H2,22,24,25,26,30)/i1T,3T. The van der Waals surface area contributed by atoms with Crippen LogP contribution in [-0.4, -0.2) is 42.5 Å². The van der Waals surface area contributed by atoms with Gasteiger partial charge in [0.2, 0.25) is 11.8 Å². The van der Waals surface area contributed by atoms with Crippen molar-refractivity contribution in [3.63, 3.8) is 0 Å². The Balaban J connectivity index is 1.52. The summed E-state index contributed by atoms with van der Waals surface area (Å²) in [7, 11) is 1.57. The number of hydrogen-bond acceptors (Lipinski definition) is 7. The molecule has 0 radical (unpaired) electrons. The van der Waals surface area contributed by atoms with Crippen LogP contribution in [0.3, 0.4) is 0 Å². The Labute approximate surface area is 184 Å². The molecule has 32 heavy (non-hydrogen) atoms. The molecule has 0 saturated heterocycles. The third-order valence-corrected chi connectivity index (χ3v) is 4.63. The van der Waals surface area contributed by atoms with Gasteiger partial charge in [-0.15, -0.1) is 5.10 Å². The topological polar surface area (TPSA) is 124 Å². The van der Waals surface area contributed by atoms with Crippen molar-refractivity contribution in [3.05, 3.63) is 48.9 Å². The molecule has 4 heterocycles. The van der Waals surface area contributed by atoms with E-state index in [1.807, 2.05) is 0 Å². The fourth-order valence-electron chi connectivity index (χ4n) is 3.19. The molecule has 162 valence electrons. The number of benzene rings is 1. The SMILES string of the molecule is [3H]CC([3H])Cn1cc2c(nc(NC(=O)Nc3ccc(OC)cc3)n3nc(-c4ccco4)nc23)n1. The van der Waals surface area contributed by atoms with Gasteiger partial charge < -0.3 is 14.5 Å². The minimum Gasteiger partial charge on any atom is -0.497 e. The zero-order chi connectivity index (χ0) is 23.7. The van der Waals surface area contributed by atoms with Crippen molar-refractivity contribution in [1.82, 2.24) is 29.4 Å². The summed E-state index contributed by atoms with van der Waals surface area (Å²) < 4.78 is 28.8. The molecule has 1 unspecified atom stereocenters. The molecule has 2 amide bonds. The van der Waals surface area contributed by atoms with Crippen LogP contribution in [-0.2, 0) is 6.54 Å². The second kappa shape index (κ2) is 8.02. The van der Waals surface area contributed by atoms with E-state index >= 15 is 0 Å². The molecule has 0 aliphatic carbocycles. The first-order chi connectivity index (χ1) is 16.5. The lowest BCUT2D eigenvalue weighted by Gasteiger charge is -2.08. The van der Waals surface area contributed by atoms with E-state index in [1.165, 1.54) is 10.8 Å². The van der Waals surface area contributed by atoms with Gasteiger partial charge in [0.25, 0.3) is 0 Å². The van der Waals surface area contributed by atoms with E-state index in [0.29, 0.717) is 39.7 Å². The van der Waals surface area contributed by atoms with Crippen LogP contribution < -0.4 is 15.4 Å². The molecule has 0 spiro atoms. The molecule has 0 saturated carbocycles. The van der Waals surface area contributed by atoms with E-state index in [-0.39, 0.29) is 19.4 Å². The summed E-state index contributed by atoms with van der Waals surface area (Å²) in [5.74, 6) is 1.55. The number of hydrogen-bond donors (Lipinski definition) is 2. The molecule has 5 aromatic rings. The molecule has 4 aromatic heterocycles. The van der Waals surface area contributed by atoms with Gasteiger partial charge in [0.05, 0.1) is 18.8 Å². The van der Waals surface area contributed by atoms with Crippen LogP contribution in [0.25, 0.3) is 28.3 Å². The van der Waals surface area contributed by atoms with Gasteiger partial charge >= 0.3 is 6.03 Å². The number of anilines is 2. The van der Waals surface area contributed by atoms with Crippen molar-refractivity contribution < 1.29 is 16.7 Å². The van der Waals surface area contributed by atoms with Crippen molar-refractivity contribution in [2.75, 3.05) is 17.7 Å². The highest BCUT2D eigenvalue weighted by atomic mass is 16.5. The molecule has 5 rings (SSSR count). The molecular weight excluding hydrogens is 412 g/mol. The number of nitrogens with one attached hydrogen (secondary N) is 2. The lowest BCUT2D eigenvalue weighted by Crippen LogP contribution is -2.22. The van der Waals surface area contributed by atoms with E-state index in [0.717, 1.165) is 0 Å². The van der Waals surface area contributed by atoms with E-state index in [9.17, 15) is 4.79 Å². The number of urea groups is 1. The third kappa shape index (κ3) is 3.60. The van der Waals surface area contributed by atoms with Crippen LogP contribution in [0.1, 0.15) is 16.0 Å². The Morgan fingerprint density at radius 3 is 2.84 bits per heavy atom. The smallest absolute Gasteiger partial charge is 0.326 e. The highest BCUT2D eigenvalue weighted by Gasteiger charge is 2.19. The molecule has 0 fully saturated rings. The van der Waals surface area contributed by atoms with Gasteiger partial charge in [0, 0.05) is 21.2 Å². The van der Waals surface area contributed by atoms with E-state index in [1.54, 1.807) is 54.4 Å². The Morgan fingerprint density at radius 1 is 1.22 bits per heavy atom. The monoisotopic (exact) mass is 436 g/mol. The van der Waals surface area contributed by atoms with Gasteiger partial charge in [-0.3, -0.25) is 10.00 Å². The van der Waals surface area contributed by atoms with Crippen LogP contribution in [0.4, 0.5) is 16.4 Å². The number of fused-ring (bicyclic) bond motifs is 3. The lowest BCUT2D eigenvalue weighted by molar-refractivity contribution is 0.262. The van der Waals surface area contributed by atoms with Gasteiger partial charge in [0.1, 0.15) is 5.75 Å². The van der Waals surface area contributed by atoms with Gasteiger partial charge in [-0.2, -0.15) is 14.6 Å². The second-order valence-corrected chi connectivity index (χ2v) is 6.77. The van der Waals surface area contributed by atoms with Crippen LogP contribution in [0.2, 0.25) is 0 Å². The van der Waals surface area contributed by atoms with Crippen LogP contribution in [0.5, 0.6) is 5.75 Å². The van der Waals surface area contributed by atoms with Crippen molar-refractivity contribution in [1.29, 1.82) is 0 Å². The summed E-state index contributed by atoms with van der Waals surface area (Å²) in [6.07, 6.45) is 2.59. The molecule has 0 aliphatic rings. The molecule has 0 bridgehead atoms. The molecular formula is C21H20N8O3. The van der Waals surface area contributed by atoms with E-state index in [4.69, 9.17) is 11.9 Å². The summed E-state index contributed by atoms with van der Waals surface area (Å²) in [5.41, 5.74) is 1.30. The van der Waals surface area contributed by atoms with Gasteiger partial charge in [-0.25, -0.2) is 9.78 Å². The zero-order valence-electron chi connectivity index (χ0n) is 19.0. The average molecular weight is 436 g/mol. The number of methoxy groups -OCH3 is 1. The Bertz CT molecular complexity index is 1450. The first kappa shape index (κ1) is 17.3. The van der Waals surface area contributed by atoms with Crippen molar-refractivity contribution in [3.8, 4) is 17.3 Å². The van der Waals surface area contributed by atoms with Gasteiger partial charge in [0.15, 0.2) is 17.1 Å². The molecule has 1 atom stereocenters. The molecule has 11 nitrogen and oxygen atoms in total. The number of aromatic nitrogens is 6. The number of aryl methyl sites for hydroxylation is 1. The van der Waals surface area contributed by atoms with Crippen molar-refractivity contribution >= 4 is 34.3 Å². The highest BCUT2D eigenvalue weighted by molar-refractivity contribution is 6.00. The first-order valence-electron chi connectivity index (χ1n) is 10.9. The summed E-state index contributed by atoms with van der Waals surface area (Å²) in [6.45, 7) is 0.177. The lowest BCUT2D eigenvalue weighted by atomic mass is 10.3. The maximum Gasteiger partial charge on any atom is 0.326 e. The Hall–Kier alpha value is -4.41. The molecule has 0 aliphatic heterocycles. The number of ether oxygens (including phenoxy) is 1. The zero-order valence-corrected chi connectivity index (χ0v) is 17.0. The fraction of sp³-hybridized carbons (Fsp3) is 0.190. The third-order valence-electron chi connectivity index (χ3n) is 4.63. The first-order valence-corrected chi connectivity index (χ1v) is 9.65. The van der Waals surface area contributed by atoms with Crippen LogP contribution in [0, 0.1) is 0 Å². The maximum atomic E-state index is 12.7. The van der Waals surface area contributed by atoms with Gasteiger partial charge in [-0.1, -0.05) is 6.90 Å². The molecule has 11 heteroatoms. The summed E-state index contributed by atoms with van der Waals surface area (Å²) >= 11 is 0. The van der Waals surface area contributed by atoms with Crippen molar-refractivity contribution in [2.24, 2.45) is 0 Å².